The van der Waals surface area contributed by atoms with Gasteiger partial charge in [0.15, 0.2) is 0 Å². The fourth-order valence-corrected chi connectivity index (χ4v) is 4.56. The van der Waals surface area contributed by atoms with E-state index in [1.807, 2.05) is 43.1 Å². The van der Waals surface area contributed by atoms with E-state index in [2.05, 4.69) is 5.32 Å². The van der Waals surface area contributed by atoms with Crippen molar-refractivity contribution in [3.05, 3.63) is 34.9 Å². The summed E-state index contributed by atoms with van der Waals surface area (Å²) in [7, 11) is 3.28. The Bertz CT molecular complexity index is 672. The van der Waals surface area contributed by atoms with Crippen molar-refractivity contribution < 1.29 is 14.3 Å². The zero-order valence-corrected chi connectivity index (χ0v) is 16.4. The second-order valence-corrected chi connectivity index (χ2v) is 8.11. The minimum atomic E-state index is -0.837. The number of esters is 1. The Labute approximate surface area is 160 Å². The second-order valence-electron chi connectivity index (χ2n) is 7.67. The summed E-state index contributed by atoms with van der Waals surface area (Å²) in [6.45, 7) is 1.85. The van der Waals surface area contributed by atoms with Gasteiger partial charge in [-0.05, 0) is 50.9 Å². The number of halogens is 1. The number of benzene rings is 1. The summed E-state index contributed by atoms with van der Waals surface area (Å²) in [6.07, 6.45) is 4.83. The van der Waals surface area contributed by atoms with Crippen molar-refractivity contribution in [2.24, 2.45) is 5.92 Å². The van der Waals surface area contributed by atoms with E-state index in [9.17, 15) is 9.59 Å². The number of likely N-dealkylation sites (tertiary alicyclic amines) is 1. The van der Waals surface area contributed by atoms with E-state index < -0.39 is 5.54 Å². The van der Waals surface area contributed by atoms with E-state index in [4.69, 9.17) is 16.3 Å². The normalized spacial score (nSPS) is 29.7. The summed E-state index contributed by atoms with van der Waals surface area (Å²) >= 11 is 6.03. The molecule has 2 aliphatic rings. The fraction of sp³-hybridized carbons (Fsp3) is 0.600. The Balaban J connectivity index is 1.91. The highest BCUT2D eigenvalue weighted by atomic mass is 35.5. The molecule has 142 valence electrons. The molecule has 6 heteroatoms. The number of ether oxygens (including phenoxy) is 1. The van der Waals surface area contributed by atoms with Gasteiger partial charge in [0.1, 0.15) is 5.54 Å². The minimum absolute atomic E-state index is 0.0244. The smallest absolute Gasteiger partial charge is 0.326 e. The quantitative estimate of drug-likeness (QED) is 0.816. The first-order valence-corrected chi connectivity index (χ1v) is 9.62. The number of amides is 1. The zero-order chi connectivity index (χ0) is 18.9. The van der Waals surface area contributed by atoms with Gasteiger partial charge in [-0.1, -0.05) is 36.6 Å². The molecular formula is C20H27ClN2O3. The molecular weight excluding hydrogens is 352 g/mol. The third kappa shape index (κ3) is 3.47. The highest BCUT2D eigenvalue weighted by molar-refractivity contribution is 6.30. The van der Waals surface area contributed by atoms with Crippen LogP contribution in [0.3, 0.4) is 0 Å². The standard InChI is InChI=1S/C20H27ClN2O3/c1-20(19(25)26-3)12-16(18(24)22-15-6-4-5-7-15)17(23(20)2)13-8-10-14(21)11-9-13/h8-11,15-17H,4-7,12H2,1-3H3,(H,22,24)/t16-,17-,20-/m0/s1. The molecule has 1 saturated carbocycles. The van der Waals surface area contributed by atoms with Gasteiger partial charge < -0.3 is 10.1 Å². The third-order valence-electron chi connectivity index (χ3n) is 6.07. The zero-order valence-electron chi connectivity index (χ0n) is 15.6. The lowest BCUT2D eigenvalue weighted by Gasteiger charge is -2.33. The van der Waals surface area contributed by atoms with Crippen LogP contribution in [0.15, 0.2) is 24.3 Å². The van der Waals surface area contributed by atoms with E-state index in [0.29, 0.717) is 11.4 Å². The van der Waals surface area contributed by atoms with Gasteiger partial charge in [0.25, 0.3) is 0 Å². The van der Waals surface area contributed by atoms with Gasteiger partial charge in [0, 0.05) is 17.1 Å². The van der Waals surface area contributed by atoms with E-state index in [1.165, 1.54) is 7.11 Å². The lowest BCUT2D eigenvalue weighted by molar-refractivity contribution is -0.152. The highest BCUT2D eigenvalue weighted by Gasteiger charge is 2.55. The van der Waals surface area contributed by atoms with Gasteiger partial charge in [0.2, 0.25) is 5.91 Å². The number of hydrogen-bond acceptors (Lipinski definition) is 4. The maximum Gasteiger partial charge on any atom is 0.326 e. The van der Waals surface area contributed by atoms with Crippen LogP contribution in [0.5, 0.6) is 0 Å². The van der Waals surface area contributed by atoms with Gasteiger partial charge in [-0.2, -0.15) is 0 Å². The van der Waals surface area contributed by atoms with Crippen LogP contribution in [0.2, 0.25) is 5.02 Å². The highest BCUT2D eigenvalue weighted by Crippen LogP contribution is 2.46. The monoisotopic (exact) mass is 378 g/mol. The fourth-order valence-electron chi connectivity index (χ4n) is 4.44. The largest absolute Gasteiger partial charge is 0.468 e. The summed E-state index contributed by atoms with van der Waals surface area (Å²) < 4.78 is 5.04. The minimum Gasteiger partial charge on any atom is -0.468 e. The second kappa shape index (κ2) is 7.57. The van der Waals surface area contributed by atoms with Crippen LogP contribution in [0.1, 0.15) is 50.6 Å². The molecule has 1 aliphatic carbocycles. The summed E-state index contributed by atoms with van der Waals surface area (Å²) in [6, 6.07) is 7.57. The Morgan fingerprint density at radius 2 is 1.85 bits per heavy atom. The molecule has 26 heavy (non-hydrogen) atoms. The summed E-state index contributed by atoms with van der Waals surface area (Å²) in [5.41, 5.74) is 0.146. The number of likely N-dealkylation sites (N-methyl/N-ethyl adjacent to an activating group) is 1. The number of rotatable bonds is 4. The van der Waals surface area contributed by atoms with Gasteiger partial charge in [-0.3, -0.25) is 14.5 Å². The Morgan fingerprint density at radius 3 is 2.42 bits per heavy atom. The molecule has 0 spiro atoms. The average Bonchev–Trinajstić information content (AvgIpc) is 3.23. The maximum absolute atomic E-state index is 13.1. The van der Waals surface area contributed by atoms with Crippen LogP contribution in [0, 0.1) is 5.92 Å². The van der Waals surface area contributed by atoms with Gasteiger partial charge in [-0.15, -0.1) is 0 Å². The van der Waals surface area contributed by atoms with Crippen LogP contribution in [0.4, 0.5) is 0 Å². The molecule has 0 radical (unpaired) electrons. The molecule has 1 amide bonds. The molecule has 1 heterocycles. The third-order valence-corrected chi connectivity index (χ3v) is 6.32. The van der Waals surface area contributed by atoms with E-state index in [1.54, 1.807) is 0 Å². The first kappa shape index (κ1) is 19.2. The molecule has 1 aromatic carbocycles. The Morgan fingerprint density at radius 1 is 1.23 bits per heavy atom. The van der Waals surface area contributed by atoms with E-state index in [0.717, 1.165) is 31.2 Å². The molecule has 1 aliphatic heterocycles. The molecule has 0 aromatic heterocycles. The first-order valence-electron chi connectivity index (χ1n) is 9.24. The molecule has 5 nitrogen and oxygen atoms in total. The summed E-state index contributed by atoms with van der Waals surface area (Å²) in [5, 5.41) is 3.85. The van der Waals surface area contributed by atoms with Gasteiger partial charge in [0.05, 0.1) is 13.0 Å². The predicted octanol–water partition coefficient (Wildman–Crippen LogP) is 3.32. The topological polar surface area (TPSA) is 58.6 Å². The first-order chi connectivity index (χ1) is 12.4. The number of carbonyl (C=O) groups is 2. The molecule has 1 N–H and O–H groups in total. The van der Waals surface area contributed by atoms with Crippen molar-refractivity contribution in [3.8, 4) is 0 Å². The van der Waals surface area contributed by atoms with Crippen molar-refractivity contribution in [2.75, 3.05) is 14.2 Å². The van der Waals surface area contributed by atoms with Crippen LogP contribution < -0.4 is 5.32 Å². The molecule has 3 atom stereocenters. The Hall–Kier alpha value is -1.59. The molecule has 3 rings (SSSR count). The van der Waals surface area contributed by atoms with Crippen LogP contribution >= 0.6 is 11.6 Å². The molecule has 1 saturated heterocycles. The number of nitrogens with one attached hydrogen (secondary N) is 1. The van der Waals surface area contributed by atoms with E-state index >= 15 is 0 Å². The number of methoxy groups -OCH3 is 1. The summed E-state index contributed by atoms with van der Waals surface area (Å²) in [4.78, 5) is 27.5. The van der Waals surface area contributed by atoms with Gasteiger partial charge in [-0.25, -0.2) is 0 Å². The van der Waals surface area contributed by atoms with Crippen LogP contribution in [-0.2, 0) is 14.3 Å². The summed E-state index contributed by atoms with van der Waals surface area (Å²) in [5.74, 6) is -0.600. The molecule has 2 fully saturated rings. The Kier molecular flexibility index (Phi) is 5.58. The van der Waals surface area contributed by atoms with Gasteiger partial charge >= 0.3 is 5.97 Å². The molecule has 0 unspecified atom stereocenters. The van der Waals surface area contributed by atoms with Crippen molar-refractivity contribution in [1.82, 2.24) is 10.2 Å². The van der Waals surface area contributed by atoms with E-state index in [-0.39, 0.29) is 29.9 Å². The van der Waals surface area contributed by atoms with Crippen molar-refractivity contribution >= 4 is 23.5 Å². The van der Waals surface area contributed by atoms with Crippen molar-refractivity contribution in [2.45, 2.75) is 56.7 Å². The molecule has 1 aromatic rings. The number of nitrogens with zero attached hydrogens (tertiary/aromatic N) is 1. The SMILES string of the molecule is COC(=O)[C@]1(C)C[C@H](C(=O)NC2CCCC2)[C@H](c2ccc(Cl)cc2)N1C. The number of hydrogen-bond donors (Lipinski definition) is 1. The van der Waals surface area contributed by atoms with Crippen molar-refractivity contribution in [1.29, 1.82) is 0 Å². The molecule has 0 bridgehead atoms. The van der Waals surface area contributed by atoms with Crippen LogP contribution in [0.25, 0.3) is 0 Å². The lowest BCUT2D eigenvalue weighted by atomic mass is 9.89. The number of carbonyl (C=O) groups excluding carboxylic acids is 2. The van der Waals surface area contributed by atoms with Crippen LogP contribution in [-0.4, -0.2) is 42.5 Å². The maximum atomic E-state index is 13.1. The average molecular weight is 379 g/mol. The predicted molar refractivity (Wildman–Crippen MR) is 101 cm³/mol. The van der Waals surface area contributed by atoms with Crippen molar-refractivity contribution in [3.63, 3.8) is 0 Å². The lowest BCUT2D eigenvalue weighted by Crippen LogP contribution is -2.47.